The highest BCUT2D eigenvalue weighted by molar-refractivity contribution is 9.10. The normalized spacial score (nSPS) is 20.7. The zero-order valence-corrected chi connectivity index (χ0v) is 16.8. The summed E-state index contributed by atoms with van der Waals surface area (Å²) < 4.78 is 0.982. The first-order valence-electron chi connectivity index (χ1n) is 8.37. The number of aromatic nitrogens is 2. The van der Waals surface area contributed by atoms with Gasteiger partial charge >= 0.3 is 0 Å². The van der Waals surface area contributed by atoms with Crippen molar-refractivity contribution in [1.29, 1.82) is 5.26 Å². The molecule has 1 aliphatic carbocycles. The highest BCUT2D eigenvalue weighted by atomic mass is 79.9. The van der Waals surface area contributed by atoms with Crippen LogP contribution >= 0.6 is 27.3 Å². The van der Waals surface area contributed by atoms with Gasteiger partial charge in [-0.2, -0.15) is 5.26 Å². The van der Waals surface area contributed by atoms with Crippen molar-refractivity contribution in [2.75, 3.05) is 5.32 Å². The van der Waals surface area contributed by atoms with Gasteiger partial charge in [-0.3, -0.25) is 4.79 Å². The van der Waals surface area contributed by atoms with Crippen LogP contribution in [0.1, 0.15) is 35.1 Å². The molecule has 2 atom stereocenters. The number of nitriles is 1. The molecule has 5 nitrogen and oxygen atoms in total. The lowest BCUT2D eigenvalue weighted by molar-refractivity contribution is -0.125. The molecule has 0 fully saturated rings. The Kier molecular flexibility index (Phi) is 4.54. The highest BCUT2D eigenvalue weighted by Gasteiger charge is 2.49. The predicted octanol–water partition coefficient (Wildman–Crippen LogP) is 4.51. The van der Waals surface area contributed by atoms with Gasteiger partial charge in [0.25, 0.3) is 0 Å². The summed E-state index contributed by atoms with van der Waals surface area (Å²) >= 11 is 4.76. The van der Waals surface area contributed by atoms with Crippen LogP contribution in [0.15, 0.2) is 52.4 Å². The lowest BCUT2D eigenvalue weighted by atomic mass is 9.73. The number of rotatable bonds is 3. The van der Waals surface area contributed by atoms with Crippen molar-refractivity contribution in [1.82, 2.24) is 10.2 Å². The summed E-state index contributed by atoms with van der Waals surface area (Å²) in [4.78, 5) is 13.3. The number of benzene rings is 2. The topological polar surface area (TPSA) is 78.7 Å². The van der Waals surface area contributed by atoms with Crippen LogP contribution < -0.4 is 5.32 Å². The molecule has 2 aromatic carbocycles. The number of fused-ring (bicyclic) bond motifs is 1. The fraction of sp³-hybridized carbons (Fsp3) is 0.200. The van der Waals surface area contributed by atoms with Crippen LogP contribution in [0.2, 0.25) is 0 Å². The third-order valence-corrected chi connectivity index (χ3v) is 6.22. The van der Waals surface area contributed by atoms with Gasteiger partial charge in [0.05, 0.1) is 17.0 Å². The van der Waals surface area contributed by atoms with Crippen molar-refractivity contribution in [3.63, 3.8) is 0 Å². The summed E-state index contributed by atoms with van der Waals surface area (Å²) in [5.41, 5.74) is 4.66. The van der Waals surface area contributed by atoms with Crippen LogP contribution in [-0.4, -0.2) is 16.1 Å². The maximum atomic E-state index is 13.3. The number of hydrogen-bond acceptors (Lipinski definition) is 5. The molecule has 27 heavy (non-hydrogen) atoms. The molecule has 1 aromatic heterocycles. The molecule has 4 rings (SSSR count). The van der Waals surface area contributed by atoms with Gasteiger partial charge in [-0.25, -0.2) is 0 Å². The Hall–Kier alpha value is -2.56. The van der Waals surface area contributed by atoms with E-state index in [4.69, 9.17) is 0 Å². The Morgan fingerprint density at radius 1 is 1.33 bits per heavy atom. The Balaban J connectivity index is 1.81. The Morgan fingerprint density at radius 3 is 2.78 bits per heavy atom. The van der Waals surface area contributed by atoms with Crippen LogP contribution in [-0.2, 0) is 11.2 Å². The fourth-order valence-electron chi connectivity index (χ4n) is 3.82. The second-order valence-corrected chi connectivity index (χ2v) is 8.55. The van der Waals surface area contributed by atoms with Gasteiger partial charge in [-0.1, -0.05) is 45.5 Å². The molecule has 0 spiro atoms. The number of hydrogen-bond donors (Lipinski definition) is 1. The molecule has 0 bridgehead atoms. The number of nitrogens with zero attached hydrogens (tertiary/aromatic N) is 3. The average molecular weight is 439 g/mol. The molecular weight excluding hydrogens is 424 g/mol. The van der Waals surface area contributed by atoms with E-state index in [9.17, 15) is 10.1 Å². The summed E-state index contributed by atoms with van der Waals surface area (Å²) in [7, 11) is 0. The van der Waals surface area contributed by atoms with E-state index in [1.54, 1.807) is 5.51 Å². The van der Waals surface area contributed by atoms with Gasteiger partial charge in [0.1, 0.15) is 5.51 Å². The van der Waals surface area contributed by atoms with Crippen molar-refractivity contribution in [3.8, 4) is 6.07 Å². The smallest absolute Gasteiger partial charge is 0.233 e. The third-order valence-electron chi connectivity index (χ3n) is 5.08. The lowest BCUT2D eigenvalue weighted by Crippen LogP contribution is -2.37. The fourth-order valence-corrected chi connectivity index (χ4v) is 4.52. The molecule has 7 heteroatoms. The van der Waals surface area contributed by atoms with E-state index in [1.807, 2.05) is 49.4 Å². The maximum absolute atomic E-state index is 13.3. The molecule has 1 N–H and O–H groups in total. The van der Waals surface area contributed by atoms with Crippen LogP contribution in [0.5, 0.6) is 0 Å². The van der Waals surface area contributed by atoms with Crippen LogP contribution in [0.25, 0.3) is 0 Å². The van der Waals surface area contributed by atoms with Crippen molar-refractivity contribution in [2.45, 2.75) is 19.3 Å². The first-order chi connectivity index (χ1) is 13.0. The molecule has 134 valence electrons. The SMILES string of the molecule is CC1(C(=O)Nc2nncs2)Cc2ccc(C#N)cc2C1c1ccc(Br)cc1. The molecule has 3 aromatic rings. The van der Waals surface area contributed by atoms with E-state index < -0.39 is 5.41 Å². The standard InChI is InChI=1S/C20H15BrN4OS/c1-20(18(26)24-19-25-23-11-27-19)9-14-3-2-12(10-22)8-16(14)17(20)13-4-6-15(21)7-5-13/h2-8,11,17H,9H2,1H3,(H,24,25,26). The molecule has 1 heterocycles. The Labute approximate surface area is 169 Å². The predicted molar refractivity (Wildman–Crippen MR) is 107 cm³/mol. The second-order valence-electron chi connectivity index (χ2n) is 6.80. The Morgan fingerprint density at radius 2 is 2.11 bits per heavy atom. The van der Waals surface area contributed by atoms with Gasteiger partial charge in [-0.15, -0.1) is 10.2 Å². The van der Waals surface area contributed by atoms with E-state index in [0.717, 1.165) is 21.2 Å². The highest BCUT2D eigenvalue weighted by Crippen LogP contribution is 2.51. The van der Waals surface area contributed by atoms with Gasteiger partial charge in [0.2, 0.25) is 11.0 Å². The minimum atomic E-state index is -0.699. The van der Waals surface area contributed by atoms with E-state index in [1.165, 1.54) is 11.3 Å². The molecule has 1 amide bonds. The van der Waals surface area contributed by atoms with Crippen molar-refractivity contribution in [2.24, 2.45) is 5.41 Å². The van der Waals surface area contributed by atoms with Gasteiger partial charge in [0.15, 0.2) is 0 Å². The maximum Gasteiger partial charge on any atom is 0.233 e. The molecule has 0 saturated carbocycles. The van der Waals surface area contributed by atoms with Crippen molar-refractivity contribution in [3.05, 3.63) is 74.7 Å². The summed E-state index contributed by atoms with van der Waals surface area (Å²) in [6.45, 7) is 1.97. The lowest BCUT2D eigenvalue weighted by Gasteiger charge is -2.31. The molecule has 2 unspecified atom stereocenters. The average Bonchev–Trinajstić information content (AvgIpc) is 3.27. The van der Waals surface area contributed by atoms with E-state index in [2.05, 4.69) is 37.5 Å². The number of carbonyl (C=O) groups excluding carboxylic acids is 1. The zero-order valence-electron chi connectivity index (χ0n) is 14.4. The first kappa shape index (κ1) is 17.8. The summed E-state index contributed by atoms with van der Waals surface area (Å²) in [6.07, 6.45) is 0.597. The van der Waals surface area contributed by atoms with Gasteiger partial charge in [0, 0.05) is 10.4 Å². The Bertz CT molecular complexity index is 1040. The van der Waals surface area contributed by atoms with Crippen molar-refractivity contribution < 1.29 is 4.79 Å². The van der Waals surface area contributed by atoms with Crippen LogP contribution in [0.4, 0.5) is 5.13 Å². The van der Waals surface area contributed by atoms with E-state index in [-0.39, 0.29) is 11.8 Å². The van der Waals surface area contributed by atoms with Crippen LogP contribution in [0.3, 0.4) is 0 Å². The van der Waals surface area contributed by atoms with E-state index >= 15 is 0 Å². The van der Waals surface area contributed by atoms with Gasteiger partial charge < -0.3 is 5.32 Å². The third kappa shape index (κ3) is 3.15. The zero-order chi connectivity index (χ0) is 19.0. The number of carbonyl (C=O) groups is 1. The largest absolute Gasteiger partial charge is 0.300 e. The molecule has 0 radical (unpaired) electrons. The monoisotopic (exact) mass is 438 g/mol. The minimum absolute atomic E-state index is 0.0955. The first-order valence-corrected chi connectivity index (χ1v) is 10.0. The van der Waals surface area contributed by atoms with E-state index in [0.29, 0.717) is 17.1 Å². The molecule has 0 aliphatic heterocycles. The number of anilines is 1. The number of amides is 1. The van der Waals surface area contributed by atoms with Gasteiger partial charge in [-0.05, 0) is 54.3 Å². The quantitative estimate of drug-likeness (QED) is 0.652. The molecule has 0 saturated heterocycles. The molecular formula is C20H15BrN4OS. The molecule has 1 aliphatic rings. The summed E-state index contributed by atoms with van der Waals surface area (Å²) in [5.74, 6) is -0.247. The van der Waals surface area contributed by atoms with Crippen LogP contribution in [0, 0.1) is 16.7 Å². The minimum Gasteiger partial charge on any atom is -0.300 e. The number of nitrogens with one attached hydrogen (secondary N) is 1. The second kappa shape index (κ2) is 6.87. The number of halogens is 1. The van der Waals surface area contributed by atoms with Crippen molar-refractivity contribution >= 4 is 38.3 Å². The summed E-state index contributed by atoms with van der Waals surface area (Å²) in [5, 5.41) is 20.4. The summed E-state index contributed by atoms with van der Waals surface area (Å²) in [6, 6.07) is 15.9.